The molecule has 2 aromatic rings. The minimum Gasteiger partial charge on any atom is -0.352 e. The van der Waals surface area contributed by atoms with Crippen molar-refractivity contribution in [3.05, 3.63) is 64.9 Å². The maximum absolute atomic E-state index is 13.3. The molecule has 0 aromatic heterocycles. The third-order valence-corrected chi connectivity index (χ3v) is 7.05. The zero-order valence-electron chi connectivity index (χ0n) is 18.4. The molecule has 1 aliphatic rings. The fraction of sp³-hybridized carbons (Fsp3) is 0.440. The Kier molecular flexibility index (Phi) is 9.42. The second-order valence-electron chi connectivity index (χ2n) is 8.22. The maximum Gasteiger partial charge on any atom is 0.242 e. The van der Waals surface area contributed by atoms with E-state index in [2.05, 4.69) is 5.32 Å². The van der Waals surface area contributed by atoms with Gasteiger partial charge in [-0.25, -0.2) is 4.39 Å². The van der Waals surface area contributed by atoms with Crippen LogP contribution in [0.1, 0.15) is 51.0 Å². The third kappa shape index (κ3) is 7.52. The van der Waals surface area contributed by atoms with Crippen molar-refractivity contribution in [2.75, 3.05) is 5.75 Å². The minimum atomic E-state index is -0.602. The standard InChI is InChI=1S/C25H30ClFN2O2S/c1-18(25(31)28-22-5-3-2-4-6-22)29(17-19-7-11-21(27)12-8-19)24(30)15-16-32-23-13-9-20(26)10-14-23/h7-14,18,22H,2-6,15-17H2,1H3,(H,28,31). The Bertz CT molecular complexity index is 886. The van der Waals surface area contributed by atoms with Gasteiger partial charge in [0.2, 0.25) is 11.8 Å². The van der Waals surface area contributed by atoms with Crippen LogP contribution in [0, 0.1) is 5.82 Å². The predicted molar refractivity (Wildman–Crippen MR) is 128 cm³/mol. The Balaban J connectivity index is 1.64. The highest BCUT2D eigenvalue weighted by Gasteiger charge is 2.27. The summed E-state index contributed by atoms with van der Waals surface area (Å²) in [7, 11) is 0. The van der Waals surface area contributed by atoms with Gasteiger partial charge in [0.25, 0.3) is 0 Å². The molecular formula is C25H30ClFN2O2S. The molecule has 4 nitrogen and oxygen atoms in total. The summed E-state index contributed by atoms with van der Waals surface area (Å²) < 4.78 is 13.3. The van der Waals surface area contributed by atoms with E-state index in [1.54, 1.807) is 35.7 Å². The summed E-state index contributed by atoms with van der Waals surface area (Å²) in [5.74, 6) is 0.0473. The monoisotopic (exact) mass is 476 g/mol. The molecule has 1 fully saturated rings. The van der Waals surface area contributed by atoms with Crippen molar-refractivity contribution in [1.82, 2.24) is 10.2 Å². The molecule has 32 heavy (non-hydrogen) atoms. The average Bonchev–Trinajstić information content (AvgIpc) is 2.80. The lowest BCUT2D eigenvalue weighted by molar-refractivity contribution is -0.140. The van der Waals surface area contributed by atoms with Gasteiger partial charge in [-0.3, -0.25) is 9.59 Å². The molecule has 0 aliphatic heterocycles. The van der Waals surface area contributed by atoms with Gasteiger partial charge in [0.15, 0.2) is 0 Å². The minimum absolute atomic E-state index is 0.0953. The van der Waals surface area contributed by atoms with Gasteiger partial charge >= 0.3 is 0 Å². The lowest BCUT2D eigenvalue weighted by Crippen LogP contribution is -2.50. The molecule has 1 aliphatic carbocycles. The van der Waals surface area contributed by atoms with E-state index >= 15 is 0 Å². The molecular weight excluding hydrogens is 447 g/mol. The lowest BCUT2D eigenvalue weighted by Gasteiger charge is -2.31. The molecule has 3 rings (SSSR count). The normalized spacial score (nSPS) is 15.2. The van der Waals surface area contributed by atoms with Gasteiger partial charge in [-0.05, 0) is 61.7 Å². The number of halogens is 2. The van der Waals surface area contributed by atoms with Gasteiger partial charge in [-0.2, -0.15) is 0 Å². The van der Waals surface area contributed by atoms with Crippen molar-refractivity contribution in [3.63, 3.8) is 0 Å². The van der Waals surface area contributed by atoms with E-state index in [1.807, 2.05) is 24.3 Å². The first-order valence-electron chi connectivity index (χ1n) is 11.1. The largest absolute Gasteiger partial charge is 0.352 e. The highest BCUT2D eigenvalue weighted by atomic mass is 35.5. The van der Waals surface area contributed by atoms with E-state index < -0.39 is 6.04 Å². The Morgan fingerprint density at radius 1 is 1.09 bits per heavy atom. The van der Waals surface area contributed by atoms with E-state index in [9.17, 15) is 14.0 Å². The molecule has 1 saturated carbocycles. The Hall–Kier alpha value is -2.05. The molecule has 1 atom stereocenters. The third-order valence-electron chi connectivity index (χ3n) is 5.78. The number of carbonyl (C=O) groups is 2. The first-order valence-corrected chi connectivity index (χ1v) is 12.5. The molecule has 0 bridgehead atoms. The number of rotatable bonds is 9. The molecule has 0 saturated heterocycles. The molecule has 1 N–H and O–H groups in total. The summed E-state index contributed by atoms with van der Waals surface area (Å²) in [6, 6.07) is 13.1. The molecule has 172 valence electrons. The second-order valence-corrected chi connectivity index (χ2v) is 9.82. The van der Waals surface area contributed by atoms with Crippen molar-refractivity contribution in [1.29, 1.82) is 0 Å². The number of amides is 2. The van der Waals surface area contributed by atoms with Crippen LogP contribution in [-0.4, -0.2) is 34.6 Å². The van der Waals surface area contributed by atoms with Crippen molar-refractivity contribution in [2.45, 2.75) is 69.0 Å². The van der Waals surface area contributed by atoms with Gasteiger partial charge in [0.1, 0.15) is 11.9 Å². The van der Waals surface area contributed by atoms with Gasteiger partial charge in [0.05, 0.1) is 0 Å². The average molecular weight is 477 g/mol. The van der Waals surface area contributed by atoms with Crippen LogP contribution in [0.3, 0.4) is 0 Å². The lowest BCUT2D eigenvalue weighted by atomic mass is 9.95. The van der Waals surface area contributed by atoms with Crippen LogP contribution < -0.4 is 5.32 Å². The zero-order chi connectivity index (χ0) is 22.9. The fourth-order valence-corrected chi connectivity index (χ4v) is 4.84. The number of benzene rings is 2. The number of nitrogens with one attached hydrogen (secondary N) is 1. The van der Waals surface area contributed by atoms with Crippen LogP contribution in [-0.2, 0) is 16.1 Å². The van der Waals surface area contributed by atoms with Gasteiger partial charge in [-0.1, -0.05) is 43.0 Å². The van der Waals surface area contributed by atoms with Crippen LogP contribution in [0.2, 0.25) is 5.02 Å². The van der Waals surface area contributed by atoms with Crippen LogP contribution in [0.15, 0.2) is 53.4 Å². The summed E-state index contributed by atoms with van der Waals surface area (Å²) in [5.41, 5.74) is 0.794. The van der Waals surface area contributed by atoms with E-state index in [-0.39, 0.29) is 30.2 Å². The molecule has 0 heterocycles. The van der Waals surface area contributed by atoms with Crippen LogP contribution in [0.5, 0.6) is 0 Å². The first-order chi connectivity index (χ1) is 15.4. The van der Waals surface area contributed by atoms with Crippen LogP contribution in [0.25, 0.3) is 0 Å². The zero-order valence-corrected chi connectivity index (χ0v) is 19.9. The van der Waals surface area contributed by atoms with Gasteiger partial charge in [-0.15, -0.1) is 11.8 Å². The van der Waals surface area contributed by atoms with E-state index in [0.29, 0.717) is 17.2 Å². The first kappa shape index (κ1) is 24.6. The molecule has 0 radical (unpaired) electrons. The second kappa shape index (κ2) is 12.3. The fourth-order valence-electron chi connectivity index (χ4n) is 3.87. The topological polar surface area (TPSA) is 49.4 Å². The SMILES string of the molecule is CC(C(=O)NC1CCCCC1)N(Cc1ccc(F)cc1)C(=O)CCSc1ccc(Cl)cc1. The summed E-state index contributed by atoms with van der Waals surface area (Å²) in [6.07, 6.45) is 5.74. The van der Waals surface area contributed by atoms with Gasteiger partial charge < -0.3 is 10.2 Å². The van der Waals surface area contributed by atoms with Crippen LogP contribution in [0.4, 0.5) is 4.39 Å². The van der Waals surface area contributed by atoms with E-state index in [0.717, 1.165) is 36.1 Å². The maximum atomic E-state index is 13.3. The molecule has 1 unspecified atom stereocenters. The Morgan fingerprint density at radius 2 is 1.75 bits per heavy atom. The number of thioether (sulfide) groups is 1. The number of hydrogen-bond acceptors (Lipinski definition) is 3. The molecule has 2 aromatic carbocycles. The summed E-state index contributed by atoms with van der Waals surface area (Å²) >= 11 is 7.50. The summed E-state index contributed by atoms with van der Waals surface area (Å²) in [4.78, 5) is 28.7. The molecule has 0 spiro atoms. The summed E-state index contributed by atoms with van der Waals surface area (Å²) in [6.45, 7) is 2.04. The Labute approximate surface area is 198 Å². The van der Waals surface area contributed by atoms with E-state index in [1.165, 1.54) is 18.6 Å². The predicted octanol–water partition coefficient (Wildman–Crippen LogP) is 5.83. The number of carbonyl (C=O) groups excluding carboxylic acids is 2. The van der Waals surface area contributed by atoms with Crippen LogP contribution >= 0.6 is 23.4 Å². The highest BCUT2D eigenvalue weighted by molar-refractivity contribution is 7.99. The molecule has 7 heteroatoms. The molecule has 2 amide bonds. The summed E-state index contributed by atoms with van der Waals surface area (Å²) in [5, 5.41) is 3.80. The number of hydrogen-bond donors (Lipinski definition) is 1. The van der Waals surface area contributed by atoms with Gasteiger partial charge in [0, 0.05) is 34.7 Å². The van der Waals surface area contributed by atoms with E-state index in [4.69, 9.17) is 11.6 Å². The van der Waals surface area contributed by atoms with Crippen molar-refractivity contribution >= 4 is 35.2 Å². The Morgan fingerprint density at radius 3 is 2.41 bits per heavy atom. The van der Waals surface area contributed by atoms with Crippen molar-refractivity contribution < 1.29 is 14.0 Å². The smallest absolute Gasteiger partial charge is 0.242 e. The van der Waals surface area contributed by atoms with Crippen molar-refractivity contribution in [2.24, 2.45) is 0 Å². The highest BCUT2D eigenvalue weighted by Crippen LogP contribution is 2.22. The number of nitrogens with zero attached hydrogens (tertiary/aromatic N) is 1. The quantitative estimate of drug-likeness (QED) is 0.463. The van der Waals surface area contributed by atoms with Crippen molar-refractivity contribution in [3.8, 4) is 0 Å².